The van der Waals surface area contributed by atoms with Crippen molar-refractivity contribution in [1.82, 2.24) is 9.55 Å². The van der Waals surface area contributed by atoms with E-state index < -0.39 is 0 Å². The summed E-state index contributed by atoms with van der Waals surface area (Å²) < 4.78 is 1.97. The van der Waals surface area contributed by atoms with Crippen LogP contribution in [0.3, 0.4) is 0 Å². The number of imidazole rings is 1. The van der Waals surface area contributed by atoms with E-state index in [1.807, 2.05) is 53.2 Å². The van der Waals surface area contributed by atoms with Crippen molar-refractivity contribution in [3.8, 4) is 12.1 Å². The fourth-order valence-corrected chi connectivity index (χ4v) is 2.41. The Morgan fingerprint density at radius 3 is 2.38 bits per heavy atom. The molecule has 0 spiro atoms. The van der Waals surface area contributed by atoms with Crippen LogP contribution in [-0.2, 0) is 6.54 Å². The van der Waals surface area contributed by atoms with E-state index in [0.717, 1.165) is 16.7 Å². The number of nitrogens with zero attached hydrogens (tertiary/aromatic N) is 4. The second kappa shape index (κ2) is 7.09. The Balaban J connectivity index is 1.90. The first-order chi connectivity index (χ1) is 11.8. The van der Waals surface area contributed by atoms with Crippen LogP contribution in [0.4, 0.5) is 0 Å². The molecule has 2 aromatic carbocycles. The molecule has 0 fully saturated rings. The maximum atomic E-state index is 9.12. The first-order valence-electron chi connectivity index (χ1n) is 7.45. The first-order valence-corrected chi connectivity index (χ1v) is 7.45. The Hall–Kier alpha value is -3.63. The summed E-state index contributed by atoms with van der Waals surface area (Å²) in [5.74, 6) is 0. The number of rotatable bonds is 4. The van der Waals surface area contributed by atoms with Gasteiger partial charge >= 0.3 is 0 Å². The van der Waals surface area contributed by atoms with Crippen LogP contribution in [0.1, 0.15) is 27.8 Å². The van der Waals surface area contributed by atoms with Crippen LogP contribution in [0.5, 0.6) is 0 Å². The summed E-state index contributed by atoms with van der Waals surface area (Å²) >= 11 is 0. The first kappa shape index (κ1) is 15.3. The van der Waals surface area contributed by atoms with E-state index in [1.165, 1.54) is 0 Å². The van der Waals surface area contributed by atoms with Crippen molar-refractivity contribution in [3.63, 3.8) is 0 Å². The van der Waals surface area contributed by atoms with E-state index in [4.69, 9.17) is 10.5 Å². The average molecular weight is 310 g/mol. The number of hydrogen-bond acceptors (Lipinski definition) is 3. The fraction of sp³-hybridized carbons (Fsp3) is 0.0500. The monoisotopic (exact) mass is 310 g/mol. The Bertz CT molecular complexity index is 937. The molecular formula is C20H14N4. The molecule has 0 aliphatic carbocycles. The van der Waals surface area contributed by atoms with E-state index in [0.29, 0.717) is 17.7 Å². The summed E-state index contributed by atoms with van der Waals surface area (Å²) in [5, 5.41) is 18.0. The topological polar surface area (TPSA) is 65.4 Å². The lowest BCUT2D eigenvalue weighted by Gasteiger charge is -2.08. The molecule has 0 saturated heterocycles. The number of nitriles is 2. The maximum Gasteiger partial charge on any atom is 0.0991 e. The van der Waals surface area contributed by atoms with Crippen LogP contribution < -0.4 is 0 Å². The third-order valence-electron chi connectivity index (χ3n) is 3.68. The van der Waals surface area contributed by atoms with E-state index in [1.54, 1.807) is 24.7 Å². The zero-order valence-electron chi connectivity index (χ0n) is 12.9. The van der Waals surface area contributed by atoms with Crippen molar-refractivity contribution < 1.29 is 0 Å². The quantitative estimate of drug-likeness (QED) is 0.688. The minimum absolute atomic E-state index is 0.639. The molecule has 0 unspecified atom stereocenters. The molecule has 114 valence electrons. The highest BCUT2D eigenvalue weighted by molar-refractivity contribution is 5.71. The molecule has 0 aliphatic rings. The van der Waals surface area contributed by atoms with Crippen molar-refractivity contribution in [2.24, 2.45) is 0 Å². The van der Waals surface area contributed by atoms with E-state index >= 15 is 0 Å². The molecule has 0 amide bonds. The van der Waals surface area contributed by atoms with Crippen molar-refractivity contribution in [3.05, 3.63) is 89.0 Å². The van der Waals surface area contributed by atoms with Crippen molar-refractivity contribution in [1.29, 1.82) is 10.5 Å². The zero-order chi connectivity index (χ0) is 16.8. The van der Waals surface area contributed by atoms with Gasteiger partial charge in [0.05, 0.1) is 29.6 Å². The molecule has 1 aromatic heterocycles. The van der Waals surface area contributed by atoms with Crippen molar-refractivity contribution >= 4 is 12.2 Å². The highest BCUT2D eigenvalue weighted by Crippen LogP contribution is 2.17. The molecule has 4 nitrogen and oxygen atoms in total. The summed E-state index contributed by atoms with van der Waals surface area (Å²) in [7, 11) is 0. The third-order valence-corrected chi connectivity index (χ3v) is 3.68. The molecule has 0 N–H and O–H groups in total. The van der Waals surface area contributed by atoms with Crippen LogP contribution in [0, 0.1) is 22.7 Å². The molecule has 0 radical (unpaired) electrons. The lowest BCUT2D eigenvalue weighted by atomic mass is 10.0. The minimum atomic E-state index is 0.639. The lowest BCUT2D eigenvalue weighted by molar-refractivity contribution is 0.796. The van der Waals surface area contributed by atoms with Crippen LogP contribution in [0.2, 0.25) is 0 Å². The Morgan fingerprint density at radius 1 is 0.958 bits per heavy atom. The minimum Gasteiger partial charge on any atom is -0.333 e. The standard InChI is InChI=1S/C20H14N4/c21-12-17-3-1-16(2-4-17)5-7-19-8-6-18(13-22)11-20(19)14-24-10-9-23-15-24/h1-11,15H,14H2/b7-5-. The molecule has 3 aromatic rings. The molecule has 4 heteroatoms. The van der Waals surface area contributed by atoms with E-state index in [2.05, 4.69) is 17.1 Å². The molecule has 3 rings (SSSR count). The van der Waals surface area contributed by atoms with Gasteiger partial charge in [-0.3, -0.25) is 0 Å². The van der Waals surface area contributed by atoms with Gasteiger partial charge in [0.2, 0.25) is 0 Å². The molecular weight excluding hydrogens is 296 g/mol. The van der Waals surface area contributed by atoms with Crippen LogP contribution in [0.25, 0.3) is 12.2 Å². The van der Waals surface area contributed by atoms with Gasteiger partial charge in [0.25, 0.3) is 0 Å². The normalized spacial score (nSPS) is 10.4. The van der Waals surface area contributed by atoms with Crippen LogP contribution >= 0.6 is 0 Å². The lowest BCUT2D eigenvalue weighted by Crippen LogP contribution is -1.99. The van der Waals surface area contributed by atoms with Crippen LogP contribution in [0.15, 0.2) is 61.2 Å². The summed E-state index contributed by atoms with van der Waals surface area (Å²) in [4.78, 5) is 4.05. The summed E-state index contributed by atoms with van der Waals surface area (Å²) in [6.45, 7) is 0.655. The highest BCUT2D eigenvalue weighted by Gasteiger charge is 2.03. The van der Waals surface area contributed by atoms with Crippen molar-refractivity contribution in [2.75, 3.05) is 0 Å². The van der Waals surface area contributed by atoms with Gasteiger partial charge in [0.15, 0.2) is 0 Å². The van der Waals surface area contributed by atoms with Gasteiger partial charge in [0.1, 0.15) is 0 Å². The third kappa shape index (κ3) is 3.58. The molecule has 0 aliphatic heterocycles. The van der Waals surface area contributed by atoms with Gasteiger partial charge in [-0.05, 0) is 41.0 Å². The summed E-state index contributed by atoms with van der Waals surface area (Å²) in [6.07, 6.45) is 9.41. The van der Waals surface area contributed by atoms with Crippen LogP contribution in [-0.4, -0.2) is 9.55 Å². The van der Waals surface area contributed by atoms with E-state index in [9.17, 15) is 0 Å². The molecule has 1 heterocycles. The predicted octanol–water partition coefficient (Wildman–Crippen LogP) is 3.85. The fourth-order valence-electron chi connectivity index (χ4n) is 2.41. The molecule has 0 saturated carbocycles. The number of aromatic nitrogens is 2. The maximum absolute atomic E-state index is 9.12. The predicted molar refractivity (Wildman–Crippen MR) is 92.6 cm³/mol. The average Bonchev–Trinajstić information content (AvgIpc) is 3.14. The van der Waals surface area contributed by atoms with Gasteiger partial charge in [0, 0.05) is 18.9 Å². The molecule has 0 atom stereocenters. The van der Waals surface area contributed by atoms with Gasteiger partial charge in [-0.25, -0.2) is 4.98 Å². The smallest absolute Gasteiger partial charge is 0.0991 e. The number of benzene rings is 2. The van der Waals surface area contributed by atoms with Gasteiger partial charge in [-0.2, -0.15) is 10.5 Å². The summed E-state index contributed by atoms with van der Waals surface area (Å²) in [5.41, 5.74) is 4.41. The van der Waals surface area contributed by atoms with Gasteiger partial charge < -0.3 is 4.57 Å². The largest absolute Gasteiger partial charge is 0.333 e. The van der Waals surface area contributed by atoms with Crippen molar-refractivity contribution in [2.45, 2.75) is 6.54 Å². The SMILES string of the molecule is N#Cc1ccc(/C=C\c2ccc(C#N)cc2Cn2ccnc2)cc1. The second-order valence-electron chi connectivity index (χ2n) is 5.33. The number of hydrogen-bond donors (Lipinski definition) is 0. The second-order valence-corrected chi connectivity index (χ2v) is 5.33. The summed E-state index contributed by atoms with van der Waals surface area (Å²) in [6, 6.07) is 17.4. The van der Waals surface area contributed by atoms with E-state index in [-0.39, 0.29) is 0 Å². The molecule has 0 bridgehead atoms. The van der Waals surface area contributed by atoms with Gasteiger partial charge in [-0.1, -0.05) is 30.4 Å². The zero-order valence-corrected chi connectivity index (χ0v) is 12.9. The van der Waals surface area contributed by atoms with Gasteiger partial charge in [-0.15, -0.1) is 0 Å². The Kier molecular flexibility index (Phi) is 4.51. The highest BCUT2D eigenvalue weighted by atomic mass is 15.0. The Labute approximate surface area is 140 Å². The Morgan fingerprint density at radius 2 is 1.71 bits per heavy atom. The molecule has 24 heavy (non-hydrogen) atoms.